The maximum Gasteiger partial charge on any atom is 0.132 e. The van der Waals surface area contributed by atoms with Gasteiger partial charge in [0.15, 0.2) is 0 Å². The lowest BCUT2D eigenvalue weighted by Gasteiger charge is -2.39. The second-order valence-electron chi connectivity index (χ2n) is 14.1. The topological polar surface area (TPSA) is 9.23 Å². The summed E-state index contributed by atoms with van der Waals surface area (Å²) < 4.78 is 6.86. The highest BCUT2D eigenvalue weighted by molar-refractivity contribution is 5.99. The number of hydrogen-bond donors (Lipinski definition) is 0. The standard InChI is InChI=1S/C49H32O/c1-48(34-14-3-2-4-15-34)44-29-32(24-26-38(44)39-27-23-31-13-5-6-16-35(31)47(39)48)33-25-28-43-46(30-33)50-45-22-12-11-21-42(45)49(43)40-19-9-7-17-36(40)37-18-8-10-20-41(37)49/h2-30H,1H3. The zero-order chi connectivity index (χ0) is 33.0. The maximum absolute atomic E-state index is 6.86. The predicted octanol–water partition coefficient (Wildman–Crippen LogP) is 12.3. The molecule has 1 aliphatic heterocycles. The first kappa shape index (κ1) is 27.7. The van der Waals surface area contributed by atoms with Crippen LogP contribution in [0.25, 0.3) is 44.2 Å². The third kappa shape index (κ3) is 3.42. The predicted molar refractivity (Wildman–Crippen MR) is 204 cm³/mol. The zero-order valence-electron chi connectivity index (χ0n) is 27.7. The third-order valence-electron chi connectivity index (χ3n) is 11.8. The number of ether oxygens (including phenoxy) is 1. The fraction of sp³-hybridized carbons (Fsp3) is 0.0612. The van der Waals surface area contributed by atoms with Gasteiger partial charge >= 0.3 is 0 Å². The molecule has 1 nitrogen and oxygen atoms in total. The molecule has 0 fully saturated rings. The lowest BCUT2D eigenvalue weighted by Crippen LogP contribution is -2.32. The number of fused-ring (bicyclic) bond motifs is 14. The number of hydrogen-bond acceptors (Lipinski definition) is 1. The van der Waals surface area contributed by atoms with Gasteiger partial charge < -0.3 is 4.74 Å². The Morgan fingerprint density at radius 1 is 0.400 bits per heavy atom. The fourth-order valence-corrected chi connectivity index (χ4v) is 9.65. The summed E-state index contributed by atoms with van der Waals surface area (Å²) in [7, 11) is 0. The van der Waals surface area contributed by atoms with Crippen LogP contribution >= 0.6 is 0 Å². The molecule has 8 aromatic rings. The summed E-state index contributed by atoms with van der Waals surface area (Å²) >= 11 is 0. The van der Waals surface area contributed by atoms with Crippen molar-refractivity contribution in [3.05, 3.63) is 215 Å². The molecule has 0 bridgehead atoms. The van der Waals surface area contributed by atoms with Gasteiger partial charge in [-0.1, -0.05) is 158 Å². The Labute approximate surface area is 292 Å². The van der Waals surface area contributed by atoms with Crippen LogP contribution in [0.2, 0.25) is 0 Å². The summed E-state index contributed by atoms with van der Waals surface area (Å²) in [5.74, 6) is 1.82. The minimum atomic E-state index is -0.456. The molecule has 50 heavy (non-hydrogen) atoms. The maximum atomic E-state index is 6.86. The van der Waals surface area contributed by atoms with Crippen LogP contribution in [-0.4, -0.2) is 0 Å². The van der Waals surface area contributed by atoms with Crippen molar-refractivity contribution in [3.63, 3.8) is 0 Å². The fourth-order valence-electron chi connectivity index (χ4n) is 9.65. The molecular formula is C49H32O. The van der Waals surface area contributed by atoms with E-state index in [0.29, 0.717) is 0 Å². The smallest absolute Gasteiger partial charge is 0.132 e. The Morgan fingerprint density at radius 3 is 1.78 bits per heavy atom. The largest absolute Gasteiger partial charge is 0.457 e. The van der Waals surface area contributed by atoms with E-state index in [0.717, 1.165) is 17.1 Å². The summed E-state index contributed by atoms with van der Waals surface area (Å²) in [6.45, 7) is 2.41. The van der Waals surface area contributed by atoms with E-state index in [2.05, 4.69) is 183 Å². The second-order valence-corrected chi connectivity index (χ2v) is 14.1. The highest BCUT2D eigenvalue weighted by atomic mass is 16.5. The molecule has 2 aliphatic carbocycles. The molecule has 8 aromatic carbocycles. The van der Waals surface area contributed by atoms with Crippen LogP contribution in [-0.2, 0) is 10.8 Å². The van der Waals surface area contributed by atoms with Crippen molar-refractivity contribution in [2.45, 2.75) is 17.8 Å². The first-order valence-corrected chi connectivity index (χ1v) is 17.5. The van der Waals surface area contributed by atoms with Crippen molar-refractivity contribution in [2.24, 2.45) is 0 Å². The van der Waals surface area contributed by atoms with Crippen molar-refractivity contribution in [1.82, 2.24) is 0 Å². The Hall–Kier alpha value is -6.18. The molecule has 3 aliphatic rings. The molecule has 0 saturated carbocycles. The van der Waals surface area contributed by atoms with E-state index in [-0.39, 0.29) is 5.41 Å². The van der Waals surface area contributed by atoms with Gasteiger partial charge in [-0.2, -0.15) is 0 Å². The van der Waals surface area contributed by atoms with Gasteiger partial charge in [-0.3, -0.25) is 0 Å². The Balaban J connectivity index is 1.13. The van der Waals surface area contributed by atoms with Gasteiger partial charge in [-0.05, 0) is 97.1 Å². The van der Waals surface area contributed by atoms with Gasteiger partial charge in [0.25, 0.3) is 0 Å². The van der Waals surface area contributed by atoms with Gasteiger partial charge in [0.2, 0.25) is 0 Å². The van der Waals surface area contributed by atoms with Crippen molar-refractivity contribution in [3.8, 4) is 44.9 Å². The normalized spacial score (nSPS) is 16.9. The molecule has 0 amide bonds. The van der Waals surface area contributed by atoms with E-state index in [1.54, 1.807) is 0 Å². The molecule has 0 saturated heterocycles. The second kappa shape index (κ2) is 9.94. The Bertz CT molecular complexity index is 2660. The molecule has 1 atom stereocenters. The van der Waals surface area contributed by atoms with Gasteiger partial charge in [0.05, 0.1) is 5.41 Å². The van der Waals surface area contributed by atoms with Crippen LogP contribution in [0.15, 0.2) is 176 Å². The molecule has 1 spiro atoms. The lowest BCUT2D eigenvalue weighted by molar-refractivity contribution is 0.436. The summed E-state index contributed by atoms with van der Waals surface area (Å²) in [6.07, 6.45) is 0. The average molecular weight is 637 g/mol. The van der Waals surface area contributed by atoms with Gasteiger partial charge in [-0.25, -0.2) is 0 Å². The van der Waals surface area contributed by atoms with Crippen molar-refractivity contribution < 1.29 is 4.74 Å². The first-order chi connectivity index (χ1) is 24.7. The van der Waals surface area contributed by atoms with Gasteiger partial charge in [-0.15, -0.1) is 0 Å². The molecular weight excluding hydrogens is 605 g/mol. The van der Waals surface area contributed by atoms with Crippen LogP contribution in [0, 0.1) is 0 Å². The van der Waals surface area contributed by atoms with E-state index in [9.17, 15) is 0 Å². The summed E-state index contributed by atoms with van der Waals surface area (Å²) in [4.78, 5) is 0. The summed E-state index contributed by atoms with van der Waals surface area (Å²) in [5.41, 5.74) is 15.8. The molecule has 0 aromatic heterocycles. The summed E-state index contributed by atoms with van der Waals surface area (Å²) in [5, 5.41) is 2.59. The van der Waals surface area contributed by atoms with Crippen LogP contribution in [0.3, 0.4) is 0 Å². The first-order valence-electron chi connectivity index (χ1n) is 17.5. The average Bonchev–Trinajstić information content (AvgIpc) is 3.62. The van der Waals surface area contributed by atoms with Crippen LogP contribution in [0.1, 0.15) is 45.9 Å². The molecule has 1 heteroatoms. The van der Waals surface area contributed by atoms with E-state index in [1.807, 2.05) is 0 Å². The molecule has 0 radical (unpaired) electrons. The SMILES string of the molecule is CC1(c2ccccc2)c2cc(-c3ccc4c(c3)Oc3ccccc3C43c4ccccc4-c4ccccc43)ccc2-c2ccc3ccccc3c21. The minimum absolute atomic E-state index is 0.312. The molecule has 1 unspecified atom stereocenters. The van der Waals surface area contributed by atoms with Gasteiger partial charge in [0.1, 0.15) is 11.5 Å². The third-order valence-corrected chi connectivity index (χ3v) is 11.8. The zero-order valence-corrected chi connectivity index (χ0v) is 27.7. The number of benzene rings is 8. The molecule has 0 N–H and O–H groups in total. The summed E-state index contributed by atoms with van der Waals surface area (Å²) in [6, 6.07) is 64.8. The highest BCUT2D eigenvalue weighted by Gasteiger charge is 2.51. The quantitative estimate of drug-likeness (QED) is 0.183. The van der Waals surface area contributed by atoms with Crippen LogP contribution in [0.5, 0.6) is 11.5 Å². The Morgan fingerprint density at radius 2 is 0.980 bits per heavy atom. The highest BCUT2D eigenvalue weighted by Crippen LogP contribution is 2.62. The number of rotatable bonds is 2. The van der Waals surface area contributed by atoms with Crippen molar-refractivity contribution in [1.29, 1.82) is 0 Å². The molecule has 234 valence electrons. The lowest BCUT2D eigenvalue weighted by atomic mass is 9.66. The minimum Gasteiger partial charge on any atom is -0.457 e. The van der Waals surface area contributed by atoms with Crippen LogP contribution in [0.4, 0.5) is 0 Å². The monoisotopic (exact) mass is 636 g/mol. The van der Waals surface area contributed by atoms with Crippen molar-refractivity contribution in [2.75, 3.05) is 0 Å². The van der Waals surface area contributed by atoms with E-state index >= 15 is 0 Å². The molecule has 1 heterocycles. The molecule has 11 rings (SSSR count). The Kier molecular flexibility index (Phi) is 5.51. The van der Waals surface area contributed by atoms with E-state index in [1.165, 1.54) is 77.5 Å². The van der Waals surface area contributed by atoms with E-state index < -0.39 is 5.41 Å². The van der Waals surface area contributed by atoms with E-state index in [4.69, 9.17) is 4.74 Å². The van der Waals surface area contributed by atoms with Gasteiger partial charge in [0, 0.05) is 16.5 Å². The number of para-hydroxylation sites is 1. The van der Waals surface area contributed by atoms with Crippen LogP contribution < -0.4 is 4.74 Å². The van der Waals surface area contributed by atoms with Crippen molar-refractivity contribution >= 4 is 10.8 Å².